The third-order valence-electron chi connectivity index (χ3n) is 1.43. The van der Waals surface area contributed by atoms with E-state index in [-0.39, 0.29) is 0 Å². The maximum absolute atomic E-state index is 8.27. The molecule has 3 heteroatoms. The van der Waals surface area contributed by atoms with Crippen LogP contribution in [0.15, 0.2) is 27.8 Å². The summed E-state index contributed by atoms with van der Waals surface area (Å²) in [5, 5.41) is 11.2. The van der Waals surface area contributed by atoms with Gasteiger partial charge in [-0.25, -0.2) is 0 Å². The SMILES string of the molecule is Cc1cc(Br)ccc1/C=N\O. The summed E-state index contributed by atoms with van der Waals surface area (Å²) in [6.07, 6.45) is 1.42. The van der Waals surface area contributed by atoms with Crippen molar-refractivity contribution >= 4 is 22.1 Å². The predicted molar refractivity (Wildman–Crippen MR) is 48.3 cm³/mol. The van der Waals surface area contributed by atoms with E-state index in [9.17, 15) is 0 Å². The van der Waals surface area contributed by atoms with Crippen LogP contribution in [0.5, 0.6) is 0 Å². The van der Waals surface area contributed by atoms with Crippen molar-refractivity contribution in [2.45, 2.75) is 6.92 Å². The second-order valence-corrected chi connectivity index (χ2v) is 3.16. The Morgan fingerprint density at radius 3 is 2.82 bits per heavy atom. The molecule has 58 valence electrons. The predicted octanol–water partition coefficient (Wildman–Crippen LogP) is 2.57. The highest BCUT2D eigenvalue weighted by Crippen LogP contribution is 2.14. The first-order chi connectivity index (χ1) is 5.24. The van der Waals surface area contributed by atoms with Gasteiger partial charge in [0, 0.05) is 4.47 Å². The van der Waals surface area contributed by atoms with Crippen molar-refractivity contribution in [3.63, 3.8) is 0 Å². The quantitative estimate of drug-likeness (QED) is 0.435. The van der Waals surface area contributed by atoms with Crippen LogP contribution >= 0.6 is 15.9 Å². The molecule has 0 heterocycles. The first-order valence-electron chi connectivity index (χ1n) is 3.17. The van der Waals surface area contributed by atoms with Gasteiger partial charge in [-0.1, -0.05) is 27.2 Å². The molecule has 0 bridgehead atoms. The van der Waals surface area contributed by atoms with E-state index in [2.05, 4.69) is 21.1 Å². The molecule has 11 heavy (non-hydrogen) atoms. The van der Waals surface area contributed by atoms with Gasteiger partial charge in [-0.2, -0.15) is 0 Å². The van der Waals surface area contributed by atoms with Crippen LogP contribution in [0.4, 0.5) is 0 Å². The van der Waals surface area contributed by atoms with Crippen LogP contribution in [0.2, 0.25) is 0 Å². The van der Waals surface area contributed by atoms with Gasteiger partial charge in [0.05, 0.1) is 6.21 Å². The lowest BCUT2D eigenvalue weighted by atomic mass is 10.1. The van der Waals surface area contributed by atoms with Crippen molar-refractivity contribution in [1.82, 2.24) is 0 Å². The summed E-state index contributed by atoms with van der Waals surface area (Å²) in [4.78, 5) is 0. The highest BCUT2D eigenvalue weighted by molar-refractivity contribution is 9.10. The second kappa shape index (κ2) is 3.53. The highest BCUT2D eigenvalue weighted by atomic mass is 79.9. The van der Waals surface area contributed by atoms with Gasteiger partial charge in [-0.05, 0) is 30.2 Å². The van der Waals surface area contributed by atoms with Gasteiger partial charge in [-0.15, -0.1) is 0 Å². The van der Waals surface area contributed by atoms with Crippen LogP contribution in [0.1, 0.15) is 11.1 Å². The first-order valence-corrected chi connectivity index (χ1v) is 3.97. The summed E-state index contributed by atoms with van der Waals surface area (Å²) in [6, 6.07) is 5.76. The summed E-state index contributed by atoms with van der Waals surface area (Å²) in [7, 11) is 0. The monoisotopic (exact) mass is 213 g/mol. The number of hydrogen-bond donors (Lipinski definition) is 1. The minimum Gasteiger partial charge on any atom is -0.411 e. The maximum Gasteiger partial charge on any atom is 0.0736 e. The lowest BCUT2D eigenvalue weighted by Crippen LogP contribution is -1.85. The molecule has 1 rings (SSSR count). The standard InChI is InChI=1S/C8H8BrNO/c1-6-4-8(9)3-2-7(6)5-10-11/h2-5,11H,1H3/b10-5-. The Morgan fingerprint density at radius 1 is 1.55 bits per heavy atom. The van der Waals surface area contributed by atoms with E-state index in [1.165, 1.54) is 6.21 Å². The molecule has 0 saturated heterocycles. The van der Waals surface area contributed by atoms with E-state index in [1.54, 1.807) is 0 Å². The average molecular weight is 214 g/mol. The molecular formula is C8H8BrNO. The van der Waals surface area contributed by atoms with Crippen LogP contribution in [-0.4, -0.2) is 11.4 Å². The van der Waals surface area contributed by atoms with Crippen molar-refractivity contribution in [2.75, 3.05) is 0 Å². The van der Waals surface area contributed by atoms with Gasteiger partial charge < -0.3 is 5.21 Å². The number of rotatable bonds is 1. The van der Waals surface area contributed by atoms with E-state index in [1.807, 2.05) is 25.1 Å². The Morgan fingerprint density at radius 2 is 2.27 bits per heavy atom. The van der Waals surface area contributed by atoms with Crippen molar-refractivity contribution < 1.29 is 5.21 Å². The molecule has 1 N–H and O–H groups in total. The van der Waals surface area contributed by atoms with E-state index >= 15 is 0 Å². The Hall–Kier alpha value is -0.830. The van der Waals surface area contributed by atoms with Crippen molar-refractivity contribution in [3.05, 3.63) is 33.8 Å². The zero-order chi connectivity index (χ0) is 8.27. The lowest BCUT2D eigenvalue weighted by Gasteiger charge is -1.98. The van der Waals surface area contributed by atoms with E-state index in [0.717, 1.165) is 15.6 Å². The molecule has 2 nitrogen and oxygen atoms in total. The first kappa shape index (κ1) is 8.27. The number of halogens is 1. The maximum atomic E-state index is 8.27. The lowest BCUT2D eigenvalue weighted by molar-refractivity contribution is 0.322. The zero-order valence-electron chi connectivity index (χ0n) is 6.08. The summed E-state index contributed by atoms with van der Waals surface area (Å²) >= 11 is 3.34. The highest BCUT2D eigenvalue weighted by Gasteiger charge is 1.94. The minimum absolute atomic E-state index is 0.927. The van der Waals surface area contributed by atoms with Crippen LogP contribution in [0.25, 0.3) is 0 Å². The molecule has 0 amide bonds. The summed E-state index contributed by atoms with van der Waals surface area (Å²) < 4.78 is 1.03. The third kappa shape index (κ3) is 2.05. The largest absolute Gasteiger partial charge is 0.411 e. The fourth-order valence-electron chi connectivity index (χ4n) is 0.846. The third-order valence-corrected chi connectivity index (χ3v) is 1.92. The fraction of sp³-hybridized carbons (Fsp3) is 0.125. The number of benzene rings is 1. The van der Waals surface area contributed by atoms with Gasteiger partial charge in [0.15, 0.2) is 0 Å². The molecule has 0 radical (unpaired) electrons. The smallest absolute Gasteiger partial charge is 0.0736 e. The molecule has 0 aliphatic rings. The molecule has 0 unspecified atom stereocenters. The number of aryl methyl sites for hydroxylation is 1. The van der Waals surface area contributed by atoms with E-state index in [0.29, 0.717) is 0 Å². The number of oxime groups is 1. The molecule has 0 aromatic heterocycles. The minimum atomic E-state index is 0.927. The van der Waals surface area contributed by atoms with Crippen LogP contribution in [0, 0.1) is 6.92 Å². The number of nitrogens with zero attached hydrogens (tertiary/aromatic N) is 1. The molecule has 0 atom stereocenters. The molecule has 0 saturated carbocycles. The fourth-order valence-corrected chi connectivity index (χ4v) is 1.32. The topological polar surface area (TPSA) is 32.6 Å². The summed E-state index contributed by atoms with van der Waals surface area (Å²) in [5.74, 6) is 0. The summed E-state index contributed by atoms with van der Waals surface area (Å²) in [5.41, 5.74) is 2.01. The van der Waals surface area contributed by atoms with Crippen molar-refractivity contribution in [3.8, 4) is 0 Å². The molecule has 1 aromatic carbocycles. The molecule has 0 aliphatic carbocycles. The summed E-state index contributed by atoms with van der Waals surface area (Å²) in [6.45, 7) is 1.96. The van der Waals surface area contributed by atoms with Gasteiger partial charge in [0.1, 0.15) is 0 Å². The molecular weight excluding hydrogens is 206 g/mol. The Bertz CT molecular complexity index is 283. The van der Waals surface area contributed by atoms with Gasteiger partial charge >= 0.3 is 0 Å². The molecule has 0 spiro atoms. The van der Waals surface area contributed by atoms with Crippen molar-refractivity contribution in [1.29, 1.82) is 0 Å². The molecule has 0 aliphatic heterocycles. The van der Waals surface area contributed by atoms with Crippen LogP contribution < -0.4 is 0 Å². The van der Waals surface area contributed by atoms with Crippen LogP contribution in [-0.2, 0) is 0 Å². The van der Waals surface area contributed by atoms with Gasteiger partial charge in [-0.3, -0.25) is 0 Å². The van der Waals surface area contributed by atoms with E-state index in [4.69, 9.17) is 5.21 Å². The Balaban J connectivity index is 3.09. The van der Waals surface area contributed by atoms with Crippen LogP contribution in [0.3, 0.4) is 0 Å². The molecule has 1 aromatic rings. The van der Waals surface area contributed by atoms with E-state index < -0.39 is 0 Å². The Labute approximate surface area is 73.7 Å². The number of hydrogen-bond acceptors (Lipinski definition) is 2. The zero-order valence-corrected chi connectivity index (χ0v) is 7.67. The molecule has 0 fully saturated rings. The normalized spacial score (nSPS) is 10.7. The average Bonchev–Trinajstić information content (AvgIpc) is 1.95. The van der Waals surface area contributed by atoms with Gasteiger partial charge in [0.25, 0.3) is 0 Å². The Kier molecular flexibility index (Phi) is 2.65. The second-order valence-electron chi connectivity index (χ2n) is 2.25. The van der Waals surface area contributed by atoms with Gasteiger partial charge in [0.2, 0.25) is 0 Å². The van der Waals surface area contributed by atoms with Crippen molar-refractivity contribution in [2.24, 2.45) is 5.16 Å².